The molecule has 16 heavy (non-hydrogen) atoms. The highest BCUT2D eigenvalue weighted by atomic mass is 35.5. The first kappa shape index (κ1) is 10.7. The molecule has 1 heterocycles. The molecule has 0 radical (unpaired) electrons. The summed E-state index contributed by atoms with van der Waals surface area (Å²) in [6, 6.07) is 7.40. The maximum Gasteiger partial charge on any atom is 0.276 e. The van der Waals surface area contributed by atoms with Gasteiger partial charge in [0.25, 0.3) is 11.8 Å². The summed E-state index contributed by atoms with van der Waals surface area (Å²) in [4.78, 5) is 22.4. The summed E-state index contributed by atoms with van der Waals surface area (Å²) in [6.07, 6.45) is 0. The Morgan fingerprint density at radius 2 is 1.75 bits per heavy atom. The highest BCUT2D eigenvalue weighted by Gasteiger charge is 2.28. The van der Waals surface area contributed by atoms with Crippen LogP contribution < -0.4 is 10.6 Å². The Morgan fingerprint density at radius 1 is 1.12 bits per heavy atom. The smallest absolute Gasteiger partial charge is 0.276 e. The van der Waals surface area contributed by atoms with Gasteiger partial charge in [0.2, 0.25) is 0 Å². The van der Waals surface area contributed by atoms with E-state index in [-0.39, 0.29) is 10.7 Å². The second kappa shape index (κ2) is 3.98. The number of hydrogen-bond donors (Lipinski definition) is 2. The number of carbonyl (C=O) groups is 2. The Labute approximate surface area is 97.3 Å². The molecule has 0 bridgehead atoms. The lowest BCUT2D eigenvalue weighted by Gasteiger charge is -2.05. The largest absolute Gasteiger partial charge is 0.350 e. The minimum Gasteiger partial charge on any atom is -0.350 e. The van der Waals surface area contributed by atoms with Crippen LogP contribution in [0.25, 0.3) is 0 Å². The van der Waals surface area contributed by atoms with Crippen molar-refractivity contribution in [2.24, 2.45) is 0 Å². The van der Waals surface area contributed by atoms with Crippen LogP contribution in [0.5, 0.6) is 0 Å². The molecular weight excluding hydrogens is 228 g/mol. The van der Waals surface area contributed by atoms with E-state index in [1.54, 1.807) is 0 Å². The number of rotatable bonds is 2. The molecule has 1 aromatic carbocycles. The van der Waals surface area contributed by atoms with E-state index in [4.69, 9.17) is 11.6 Å². The number of halogens is 1. The number of imide groups is 1. The van der Waals surface area contributed by atoms with E-state index in [9.17, 15) is 9.59 Å². The molecule has 5 heteroatoms. The Morgan fingerprint density at radius 3 is 2.25 bits per heavy atom. The second-order valence-corrected chi connectivity index (χ2v) is 3.84. The normalized spacial score (nSPS) is 15.4. The van der Waals surface area contributed by atoms with E-state index >= 15 is 0 Å². The van der Waals surface area contributed by atoms with E-state index in [0.717, 1.165) is 5.56 Å². The van der Waals surface area contributed by atoms with Gasteiger partial charge in [-0.1, -0.05) is 29.3 Å². The average molecular weight is 237 g/mol. The summed E-state index contributed by atoms with van der Waals surface area (Å²) in [5, 5.41) is 4.81. The average Bonchev–Trinajstić information content (AvgIpc) is 2.48. The van der Waals surface area contributed by atoms with Gasteiger partial charge in [-0.25, -0.2) is 0 Å². The number of carbonyl (C=O) groups excluding carboxylic acids is 2. The molecule has 82 valence electrons. The molecule has 0 spiro atoms. The Hall–Kier alpha value is -1.81. The second-order valence-electron chi connectivity index (χ2n) is 3.46. The van der Waals surface area contributed by atoms with Crippen LogP contribution in [0.3, 0.4) is 0 Å². The summed E-state index contributed by atoms with van der Waals surface area (Å²) >= 11 is 5.69. The van der Waals surface area contributed by atoms with E-state index < -0.39 is 11.8 Å². The third-order valence-electron chi connectivity index (χ3n) is 2.19. The lowest BCUT2D eigenvalue weighted by Crippen LogP contribution is -2.24. The number of amides is 2. The van der Waals surface area contributed by atoms with E-state index in [1.165, 1.54) is 0 Å². The van der Waals surface area contributed by atoms with Gasteiger partial charge in [0.05, 0.1) is 0 Å². The van der Waals surface area contributed by atoms with Crippen molar-refractivity contribution >= 4 is 29.1 Å². The maximum atomic E-state index is 11.3. The van der Waals surface area contributed by atoms with Gasteiger partial charge in [0, 0.05) is 5.69 Å². The molecule has 0 saturated carbocycles. The van der Waals surface area contributed by atoms with Crippen molar-refractivity contribution in [1.29, 1.82) is 0 Å². The number of aryl methyl sites for hydroxylation is 1. The van der Waals surface area contributed by atoms with Crippen molar-refractivity contribution in [2.75, 3.05) is 5.32 Å². The fourth-order valence-corrected chi connectivity index (χ4v) is 1.51. The first-order valence-electron chi connectivity index (χ1n) is 4.67. The first-order chi connectivity index (χ1) is 7.58. The fraction of sp³-hybridized carbons (Fsp3) is 0.0909. The fourth-order valence-electron chi connectivity index (χ4n) is 1.33. The molecule has 0 aromatic heterocycles. The van der Waals surface area contributed by atoms with Gasteiger partial charge in [-0.2, -0.15) is 0 Å². The number of hydrogen-bond acceptors (Lipinski definition) is 3. The lowest BCUT2D eigenvalue weighted by molar-refractivity contribution is -0.123. The molecular formula is C11H9ClN2O2. The number of benzene rings is 1. The van der Waals surface area contributed by atoms with Crippen molar-refractivity contribution in [2.45, 2.75) is 6.92 Å². The van der Waals surface area contributed by atoms with Gasteiger partial charge in [-0.3, -0.25) is 14.9 Å². The molecule has 2 rings (SSSR count). The topological polar surface area (TPSA) is 58.2 Å². The van der Waals surface area contributed by atoms with E-state index in [1.807, 2.05) is 31.2 Å². The predicted molar refractivity (Wildman–Crippen MR) is 60.8 cm³/mol. The van der Waals surface area contributed by atoms with Crippen molar-refractivity contribution in [1.82, 2.24) is 5.32 Å². The van der Waals surface area contributed by atoms with Gasteiger partial charge in [0.15, 0.2) is 0 Å². The van der Waals surface area contributed by atoms with Crippen LogP contribution >= 0.6 is 11.6 Å². The van der Waals surface area contributed by atoms with Crippen LogP contribution in [0.15, 0.2) is 35.0 Å². The van der Waals surface area contributed by atoms with Gasteiger partial charge in [-0.15, -0.1) is 0 Å². The zero-order chi connectivity index (χ0) is 11.7. The predicted octanol–water partition coefficient (Wildman–Crippen LogP) is 1.51. The summed E-state index contributed by atoms with van der Waals surface area (Å²) in [7, 11) is 0. The first-order valence-corrected chi connectivity index (χ1v) is 5.05. The number of anilines is 1. The van der Waals surface area contributed by atoms with Crippen LogP contribution in [0, 0.1) is 6.92 Å². The molecule has 0 aliphatic carbocycles. The summed E-state index contributed by atoms with van der Waals surface area (Å²) in [6.45, 7) is 1.96. The SMILES string of the molecule is Cc1ccc(NC2=C(Cl)C(=O)NC2=O)cc1. The molecule has 0 unspecified atom stereocenters. The molecule has 1 aromatic rings. The molecule has 1 aliphatic heterocycles. The molecule has 0 fully saturated rings. The lowest BCUT2D eigenvalue weighted by atomic mass is 10.2. The van der Waals surface area contributed by atoms with Crippen molar-refractivity contribution < 1.29 is 9.59 Å². The molecule has 0 atom stereocenters. The van der Waals surface area contributed by atoms with E-state index in [2.05, 4.69) is 10.6 Å². The summed E-state index contributed by atoms with van der Waals surface area (Å²) in [5.74, 6) is -1.07. The van der Waals surface area contributed by atoms with Crippen molar-refractivity contribution in [3.8, 4) is 0 Å². The standard InChI is InChI=1S/C11H9ClN2O2/c1-6-2-4-7(5-3-6)13-9-8(12)10(15)14-11(9)16/h2-5H,1H3,(H2,13,14,15,16). The zero-order valence-electron chi connectivity index (χ0n) is 8.50. The van der Waals surface area contributed by atoms with Crippen molar-refractivity contribution in [3.05, 3.63) is 40.6 Å². The van der Waals surface area contributed by atoms with Crippen LogP contribution in [0.1, 0.15) is 5.56 Å². The minimum atomic E-state index is -0.568. The zero-order valence-corrected chi connectivity index (χ0v) is 9.26. The molecule has 2 N–H and O–H groups in total. The van der Waals surface area contributed by atoms with Crippen LogP contribution in [-0.2, 0) is 9.59 Å². The maximum absolute atomic E-state index is 11.3. The van der Waals surface area contributed by atoms with Gasteiger partial charge in [0.1, 0.15) is 10.7 Å². The summed E-state index contributed by atoms with van der Waals surface area (Å²) < 4.78 is 0. The molecule has 2 amide bonds. The highest BCUT2D eigenvalue weighted by Crippen LogP contribution is 2.19. The quantitative estimate of drug-likeness (QED) is 0.766. The van der Waals surface area contributed by atoms with Crippen LogP contribution in [0.2, 0.25) is 0 Å². The van der Waals surface area contributed by atoms with Gasteiger partial charge in [-0.05, 0) is 19.1 Å². The van der Waals surface area contributed by atoms with Crippen LogP contribution in [-0.4, -0.2) is 11.8 Å². The monoisotopic (exact) mass is 236 g/mol. The van der Waals surface area contributed by atoms with E-state index in [0.29, 0.717) is 5.69 Å². The highest BCUT2D eigenvalue weighted by molar-refractivity contribution is 6.48. The third-order valence-corrected chi connectivity index (χ3v) is 2.55. The van der Waals surface area contributed by atoms with Crippen molar-refractivity contribution in [3.63, 3.8) is 0 Å². The minimum absolute atomic E-state index is 0.0931. The molecule has 4 nitrogen and oxygen atoms in total. The Kier molecular flexibility index (Phi) is 2.66. The number of nitrogens with one attached hydrogen (secondary N) is 2. The molecule has 1 aliphatic rings. The molecule has 0 saturated heterocycles. The van der Waals surface area contributed by atoms with Gasteiger partial charge < -0.3 is 5.32 Å². The Balaban J connectivity index is 2.25. The third kappa shape index (κ3) is 1.92. The van der Waals surface area contributed by atoms with Crippen LogP contribution in [0.4, 0.5) is 5.69 Å². The Bertz CT molecular complexity index is 491. The van der Waals surface area contributed by atoms with Gasteiger partial charge >= 0.3 is 0 Å². The summed E-state index contributed by atoms with van der Waals surface area (Å²) in [5.41, 5.74) is 1.91.